The van der Waals surface area contributed by atoms with E-state index in [-0.39, 0.29) is 23.7 Å². The van der Waals surface area contributed by atoms with Crippen molar-refractivity contribution in [3.8, 4) is 5.75 Å². The van der Waals surface area contributed by atoms with E-state index < -0.39 is 29.7 Å². The zero-order chi connectivity index (χ0) is 21.8. The van der Waals surface area contributed by atoms with E-state index in [4.69, 9.17) is 4.74 Å². The molecule has 0 saturated heterocycles. The highest BCUT2D eigenvalue weighted by Crippen LogP contribution is 2.27. The summed E-state index contributed by atoms with van der Waals surface area (Å²) in [4.78, 5) is 51.1. The maximum atomic E-state index is 12.7. The Labute approximate surface area is 174 Å². The van der Waals surface area contributed by atoms with Crippen LogP contribution in [0, 0.1) is 12.8 Å². The van der Waals surface area contributed by atoms with Gasteiger partial charge in [-0.15, -0.1) is 0 Å². The molecule has 1 aliphatic heterocycles. The number of fused-ring (bicyclic) bond motifs is 1. The van der Waals surface area contributed by atoms with Crippen molar-refractivity contribution in [3.05, 3.63) is 65.2 Å². The van der Waals surface area contributed by atoms with Gasteiger partial charge in [0.05, 0.1) is 11.1 Å². The molecule has 8 nitrogen and oxygen atoms in total. The molecule has 3 rings (SSSR count). The highest BCUT2D eigenvalue weighted by atomic mass is 16.5. The molecule has 1 heterocycles. The molecule has 0 aromatic heterocycles. The van der Waals surface area contributed by atoms with Crippen LogP contribution in [0.3, 0.4) is 0 Å². The lowest BCUT2D eigenvalue weighted by molar-refractivity contribution is -0.132. The average molecular weight is 409 g/mol. The van der Waals surface area contributed by atoms with Gasteiger partial charge in [-0.25, -0.2) is 0 Å². The lowest BCUT2D eigenvalue weighted by Gasteiger charge is -2.28. The number of nitrogens with zero attached hydrogens (tertiary/aromatic N) is 1. The second-order valence-electron chi connectivity index (χ2n) is 7.31. The van der Waals surface area contributed by atoms with Crippen LogP contribution in [0.15, 0.2) is 48.5 Å². The van der Waals surface area contributed by atoms with Crippen molar-refractivity contribution in [3.63, 3.8) is 0 Å². The van der Waals surface area contributed by atoms with Crippen LogP contribution in [-0.4, -0.2) is 41.2 Å². The molecule has 0 unspecified atom stereocenters. The Morgan fingerprint density at radius 2 is 1.50 bits per heavy atom. The third kappa shape index (κ3) is 4.17. The number of para-hydroxylation sites is 1. The SMILES string of the molecule is Cc1ccccc1OCC(=O)NNC(=O)[C@H](C(C)C)N1C(=O)c2ccccc2C1=O. The Hall–Kier alpha value is -3.68. The zero-order valence-corrected chi connectivity index (χ0v) is 17.0. The number of hydrogen-bond donors (Lipinski definition) is 2. The van der Waals surface area contributed by atoms with Crippen LogP contribution >= 0.6 is 0 Å². The van der Waals surface area contributed by atoms with Crippen LogP contribution in [-0.2, 0) is 9.59 Å². The summed E-state index contributed by atoms with van der Waals surface area (Å²) in [6.45, 7) is 4.99. The topological polar surface area (TPSA) is 105 Å². The Bertz CT molecular complexity index is 967. The number of hydrazine groups is 1. The molecule has 0 radical (unpaired) electrons. The highest BCUT2D eigenvalue weighted by Gasteiger charge is 2.43. The molecule has 2 aromatic rings. The first kappa shape index (κ1) is 21.0. The van der Waals surface area contributed by atoms with E-state index >= 15 is 0 Å². The highest BCUT2D eigenvalue weighted by molar-refractivity contribution is 6.22. The number of aryl methyl sites for hydroxylation is 1. The van der Waals surface area contributed by atoms with E-state index in [9.17, 15) is 19.2 Å². The lowest BCUT2D eigenvalue weighted by Crippen LogP contribution is -2.56. The molecule has 1 atom stereocenters. The van der Waals surface area contributed by atoms with Crippen LogP contribution in [0.4, 0.5) is 0 Å². The smallest absolute Gasteiger partial charge is 0.276 e. The number of carbonyl (C=O) groups excluding carboxylic acids is 4. The molecule has 0 spiro atoms. The Kier molecular flexibility index (Phi) is 6.15. The minimum absolute atomic E-state index is 0.261. The minimum Gasteiger partial charge on any atom is -0.483 e. The number of amides is 4. The molecule has 30 heavy (non-hydrogen) atoms. The van der Waals surface area contributed by atoms with Gasteiger partial charge in [0.2, 0.25) is 0 Å². The molecule has 0 aliphatic carbocycles. The molecule has 4 amide bonds. The van der Waals surface area contributed by atoms with Gasteiger partial charge in [0.15, 0.2) is 6.61 Å². The summed E-state index contributed by atoms with van der Waals surface area (Å²) in [5, 5.41) is 0. The maximum absolute atomic E-state index is 12.7. The Balaban J connectivity index is 1.63. The summed E-state index contributed by atoms with van der Waals surface area (Å²) < 4.78 is 5.43. The molecule has 2 N–H and O–H groups in total. The first-order valence-corrected chi connectivity index (χ1v) is 9.55. The number of hydrogen-bond acceptors (Lipinski definition) is 5. The van der Waals surface area contributed by atoms with E-state index in [1.807, 2.05) is 19.1 Å². The second-order valence-corrected chi connectivity index (χ2v) is 7.31. The van der Waals surface area contributed by atoms with Gasteiger partial charge in [0.1, 0.15) is 11.8 Å². The van der Waals surface area contributed by atoms with Crippen molar-refractivity contribution >= 4 is 23.6 Å². The first-order valence-electron chi connectivity index (χ1n) is 9.55. The molecule has 2 aromatic carbocycles. The van der Waals surface area contributed by atoms with Crippen molar-refractivity contribution in [1.82, 2.24) is 15.8 Å². The fraction of sp³-hybridized carbons (Fsp3) is 0.273. The number of rotatable bonds is 6. The third-order valence-electron chi connectivity index (χ3n) is 4.78. The van der Waals surface area contributed by atoms with Crippen molar-refractivity contribution in [2.24, 2.45) is 5.92 Å². The van der Waals surface area contributed by atoms with Gasteiger partial charge in [-0.05, 0) is 36.6 Å². The molecule has 0 fully saturated rings. The predicted octanol–water partition coefficient (Wildman–Crippen LogP) is 1.84. The van der Waals surface area contributed by atoms with Gasteiger partial charge in [-0.3, -0.25) is 34.9 Å². The van der Waals surface area contributed by atoms with E-state index in [0.29, 0.717) is 5.75 Å². The van der Waals surface area contributed by atoms with Crippen molar-refractivity contribution in [2.75, 3.05) is 6.61 Å². The monoisotopic (exact) mass is 409 g/mol. The summed E-state index contributed by atoms with van der Waals surface area (Å²) in [7, 11) is 0. The van der Waals surface area contributed by atoms with E-state index in [1.54, 1.807) is 50.2 Å². The fourth-order valence-corrected chi connectivity index (χ4v) is 3.28. The largest absolute Gasteiger partial charge is 0.483 e. The minimum atomic E-state index is -1.07. The van der Waals surface area contributed by atoms with Crippen LogP contribution in [0.5, 0.6) is 5.75 Å². The normalized spacial score (nSPS) is 13.8. The Morgan fingerprint density at radius 3 is 2.07 bits per heavy atom. The van der Waals surface area contributed by atoms with E-state index in [0.717, 1.165) is 10.5 Å². The molecule has 8 heteroatoms. The number of carbonyl (C=O) groups is 4. The van der Waals surface area contributed by atoms with Gasteiger partial charge < -0.3 is 4.74 Å². The van der Waals surface area contributed by atoms with Crippen LogP contribution in [0.25, 0.3) is 0 Å². The molecule has 0 saturated carbocycles. The summed E-state index contributed by atoms with van der Waals surface area (Å²) in [6, 6.07) is 12.6. The molecular weight excluding hydrogens is 386 g/mol. The van der Waals surface area contributed by atoms with Gasteiger partial charge in [0, 0.05) is 0 Å². The average Bonchev–Trinajstić information content (AvgIpc) is 2.97. The summed E-state index contributed by atoms with van der Waals surface area (Å²) in [5.74, 6) is -2.10. The van der Waals surface area contributed by atoms with E-state index in [2.05, 4.69) is 10.9 Å². The number of benzene rings is 2. The van der Waals surface area contributed by atoms with Crippen LogP contribution < -0.4 is 15.6 Å². The second kappa shape index (κ2) is 8.77. The fourth-order valence-electron chi connectivity index (χ4n) is 3.28. The van der Waals surface area contributed by atoms with Gasteiger partial charge in [-0.1, -0.05) is 44.2 Å². The summed E-state index contributed by atoms with van der Waals surface area (Å²) in [6.07, 6.45) is 0. The maximum Gasteiger partial charge on any atom is 0.276 e. The van der Waals surface area contributed by atoms with Gasteiger partial charge in [0.25, 0.3) is 23.6 Å². The Morgan fingerprint density at radius 1 is 0.933 bits per heavy atom. The summed E-state index contributed by atoms with van der Waals surface area (Å²) >= 11 is 0. The molecule has 1 aliphatic rings. The van der Waals surface area contributed by atoms with Crippen molar-refractivity contribution in [1.29, 1.82) is 0 Å². The standard InChI is InChI=1S/C22H23N3O5/c1-13(2)19(25-21(28)15-9-5-6-10-16(15)22(25)29)20(27)24-23-18(26)12-30-17-11-7-4-8-14(17)3/h4-11,13,19H,12H2,1-3H3,(H,23,26)(H,24,27)/t19-/m0/s1. The third-order valence-corrected chi connectivity index (χ3v) is 4.78. The van der Waals surface area contributed by atoms with Crippen molar-refractivity contribution in [2.45, 2.75) is 26.8 Å². The molecule has 156 valence electrons. The molecular formula is C22H23N3O5. The zero-order valence-electron chi connectivity index (χ0n) is 17.0. The van der Waals surface area contributed by atoms with E-state index in [1.165, 1.54) is 0 Å². The lowest BCUT2D eigenvalue weighted by atomic mass is 10.0. The number of nitrogens with one attached hydrogen (secondary N) is 2. The van der Waals surface area contributed by atoms with Gasteiger partial charge >= 0.3 is 0 Å². The van der Waals surface area contributed by atoms with Crippen molar-refractivity contribution < 1.29 is 23.9 Å². The quantitative estimate of drug-likeness (QED) is 0.560. The van der Waals surface area contributed by atoms with Crippen LogP contribution in [0.2, 0.25) is 0 Å². The first-order chi connectivity index (χ1) is 14.3. The molecule has 0 bridgehead atoms. The number of imide groups is 1. The van der Waals surface area contributed by atoms with Gasteiger partial charge in [-0.2, -0.15) is 0 Å². The van der Waals surface area contributed by atoms with Crippen LogP contribution in [0.1, 0.15) is 40.1 Å². The number of ether oxygens (including phenoxy) is 1. The predicted molar refractivity (Wildman–Crippen MR) is 109 cm³/mol. The summed E-state index contributed by atoms with van der Waals surface area (Å²) in [5.41, 5.74) is 5.96.